The molecule has 0 unspecified atom stereocenters. The summed E-state index contributed by atoms with van der Waals surface area (Å²) in [4.78, 5) is 43.0. The molecule has 1 aromatic carbocycles. The fourth-order valence-electron chi connectivity index (χ4n) is 2.23. The van der Waals surface area contributed by atoms with Crippen LogP contribution in [-0.4, -0.2) is 31.5 Å². The van der Waals surface area contributed by atoms with Crippen LogP contribution in [0.3, 0.4) is 0 Å². The maximum atomic E-state index is 12.3. The lowest BCUT2D eigenvalue weighted by molar-refractivity contribution is -0.118. The number of carbonyl (C=O) groups excluding carboxylic acids is 1. The summed E-state index contributed by atoms with van der Waals surface area (Å²) >= 11 is 0. The number of carbonyl (C=O) groups is 2. The summed E-state index contributed by atoms with van der Waals surface area (Å²) in [6.45, 7) is 3.55. The zero-order valence-corrected chi connectivity index (χ0v) is 13.4. The van der Waals surface area contributed by atoms with Crippen molar-refractivity contribution in [2.75, 3.05) is 5.32 Å². The number of nitrogens with zero attached hydrogens (tertiary/aromatic N) is 3. The van der Waals surface area contributed by atoms with Crippen molar-refractivity contribution in [3.63, 3.8) is 0 Å². The molecule has 2 heterocycles. The molecule has 0 aliphatic rings. The Hall–Kier alpha value is -3.49. The van der Waals surface area contributed by atoms with E-state index in [2.05, 4.69) is 20.0 Å². The number of benzene rings is 1. The highest BCUT2D eigenvalue weighted by atomic mass is 16.7. The van der Waals surface area contributed by atoms with Crippen molar-refractivity contribution >= 4 is 34.3 Å². The van der Waals surface area contributed by atoms with Crippen LogP contribution in [0.2, 0.25) is 0 Å². The molecule has 0 saturated heterocycles. The van der Waals surface area contributed by atoms with Crippen molar-refractivity contribution in [2.24, 2.45) is 5.92 Å². The minimum atomic E-state index is -1.61. The lowest BCUT2D eigenvalue weighted by atomic mass is 10.1. The summed E-state index contributed by atoms with van der Waals surface area (Å²) in [6.07, 6.45) is 0.685. The molecular weight excluding hydrogens is 328 g/mol. The van der Waals surface area contributed by atoms with Crippen molar-refractivity contribution in [3.8, 4) is 5.75 Å². The van der Waals surface area contributed by atoms with Gasteiger partial charge in [-0.2, -0.15) is 0 Å². The normalized spacial score (nSPS) is 11.0. The number of hydrogen-bond acceptors (Lipinski definition) is 6. The number of amides is 1. The Morgan fingerprint density at radius 2 is 2.04 bits per heavy atom. The maximum Gasteiger partial charge on any atom is 0.511 e. The molecule has 9 heteroatoms. The summed E-state index contributed by atoms with van der Waals surface area (Å²) in [5, 5.41) is 11.9. The van der Waals surface area contributed by atoms with Crippen molar-refractivity contribution in [1.82, 2.24) is 14.4 Å². The Kier molecular flexibility index (Phi) is 4.05. The fraction of sp³-hybridized carbons (Fsp3) is 0.188. The van der Waals surface area contributed by atoms with Crippen molar-refractivity contribution in [2.45, 2.75) is 13.8 Å². The van der Waals surface area contributed by atoms with Gasteiger partial charge in [0, 0.05) is 17.0 Å². The first-order chi connectivity index (χ1) is 11.9. The van der Waals surface area contributed by atoms with E-state index in [0.717, 1.165) is 10.6 Å². The summed E-state index contributed by atoms with van der Waals surface area (Å²) in [6, 6.07) is 5.05. The topological polar surface area (TPSA) is 123 Å². The highest BCUT2D eigenvalue weighted by molar-refractivity contribution is 5.98. The predicted octanol–water partition coefficient (Wildman–Crippen LogP) is 1.89. The second kappa shape index (κ2) is 6.19. The summed E-state index contributed by atoms with van der Waals surface area (Å²) in [7, 11) is 0. The van der Waals surface area contributed by atoms with E-state index in [1.54, 1.807) is 32.0 Å². The van der Waals surface area contributed by atoms with E-state index in [-0.39, 0.29) is 17.5 Å². The molecule has 0 atom stereocenters. The van der Waals surface area contributed by atoms with Crippen LogP contribution in [0, 0.1) is 5.92 Å². The van der Waals surface area contributed by atoms with Crippen LogP contribution < -0.4 is 15.6 Å². The molecule has 9 nitrogen and oxygen atoms in total. The van der Waals surface area contributed by atoms with Gasteiger partial charge in [-0.05, 0) is 18.2 Å². The van der Waals surface area contributed by atoms with Gasteiger partial charge >= 0.3 is 11.7 Å². The number of anilines is 1. The Morgan fingerprint density at radius 3 is 2.72 bits per heavy atom. The van der Waals surface area contributed by atoms with Crippen LogP contribution in [0.15, 0.2) is 35.5 Å². The Balaban J connectivity index is 2.16. The zero-order valence-electron chi connectivity index (χ0n) is 13.4. The Bertz CT molecular complexity index is 1060. The molecule has 0 bridgehead atoms. The number of rotatable bonds is 3. The van der Waals surface area contributed by atoms with Gasteiger partial charge in [0.2, 0.25) is 11.7 Å². The van der Waals surface area contributed by atoms with E-state index >= 15 is 0 Å². The van der Waals surface area contributed by atoms with Crippen LogP contribution in [0.1, 0.15) is 13.8 Å². The minimum absolute atomic E-state index is 0.144. The SMILES string of the molecule is CC(C)C(=O)Nc1ccc2ncn3c(=O)c(OC(=O)O)cnc3c2c1. The number of carboxylic acid groups (broad SMARTS) is 1. The van der Waals surface area contributed by atoms with Gasteiger partial charge in [-0.3, -0.25) is 9.59 Å². The highest BCUT2D eigenvalue weighted by Crippen LogP contribution is 2.21. The van der Waals surface area contributed by atoms with Gasteiger partial charge in [-0.15, -0.1) is 0 Å². The molecule has 2 aromatic heterocycles. The Morgan fingerprint density at radius 1 is 1.28 bits per heavy atom. The average molecular weight is 342 g/mol. The number of hydrogen-bond donors (Lipinski definition) is 2. The van der Waals surface area contributed by atoms with Gasteiger partial charge in [-0.1, -0.05) is 13.8 Å². The standard InChI is InChI=1S/C16H14N4O5/c1-8(2)14(21)19-9-3-4-11-10(5-9)13-17-6-12(25-16(23)24)15(22)20(13)7-18-11/h3-8H,1-2H3,(H,19,21)(H,23,24). The van der Waals surface area contributed by atoms with Gasteiger partial charge in [0.05, 0.1) is 11.7 Å². The quantitative estimate of drug-likeness (QED) is 0.550. The molecular formula is C16H14N4O5. The first-order valence-electron chi connectivity index (χ1n) is 7.38. The lowest BCUT2D eigenvalue weighted by Gasteiger charge is -2.10. The second-order valence-corrected chi connectivity index (χ2v) is 5.61. The summed E-state index contributed by atoms with van der Waals surface area (Å²) in [5.41, 5.74) is 0.689. The molecule has 0 fully saturated rings. The van der Waals surface area contributed by atoms with Gasteiger partial charge in [0.25, 0.3) is 0 Å². The molecule has 0 saturated carbocycles. The molecule has 128 valence electrons. The maximum absolute atomic E-state index is 12.3. The van der Waals surface area contributed by atoms with E-state index in [0.29, 0.717) is 16.6 Å². The molecule has 2 N–H and O–H groups in total. The fourth-order valence-corrected chi connectivity index (χ4v) is 2.23. The van der Waals surface area contributed by atoms with E-state index in [1.807, 2.05) is 0 Å². The van der Waals surface area contributed by atoms with Crippen LogP contribution in [0.5, 0.6) is 5.75 Å². The van der Waals surface area contributed by atoms with Crippen LogP contribution in [-0.2, 0) is 4.79 Å². The molecule has 3 rings (SSSR count). The number of aromatic nitrogens is 3. The largest absolute Gasteiger partial charge is 0.511 e. The van der Waals surface area contributed by atoms with E-state index < -0.39 is 17.5 Å². The molecule has 1 amide bonds. The van der Waals surface area contributed by atoms with E-state index in [1.165, 1.54) is 6.33 Å². The third-order valence-electron chi connectivity index (χ3n) is 3.50. The number of nitrogens with one attached hydrogen (secondary N) is 1. The number of ether oxygens (including phenoxy) is 1. The van der Waals surface area contributed by atoms with Crippen LogP contribution in [0.4, 0.5) is 10.5 Å². The van der Waals surface area contributed by atoms with E-state index in [4.69, 9.17) is 5.11 Å². The molecule has 0 radical (unpaired) electrons. The third-order valence-corrected chi connectivity index (χ3v) is 3.50. The van der Waals surface area contributed by atoms with Crippen molar-refractivity contribution in [1.29, 1.82) is 0 Å². The molecule has 0 aliphatic carbocycles. The monoisotopic (exact) mass is 342 g/mol. The Labute approximate surface area is 140 Å². The van der Waals surface area contributed by atoms with Crippen LogP contribution in [0.25, 0.3) is 16.6 Å². The van der Waals surface area contributed by atoms with Gasteiger partial charge < -0.3 is 15.2 Å². The first kappa shape index (κ1) is 16.4. The van der Waals surface area contributed by atoms with Gasteiger partial charge in [0.15, 0.2) is 5.65 Å². The molecule has 0 spiro atoms. The van der Waals surface area contributed by atoms with E-state index in [9.17, 15) is 14.4 Å². The van der Waals surface area contributed by atoms with Gasteiger partial charge in [0.1, 0.15) is 6.33 Å². The average Bonchev–Trinajstić information content (AvgIpc) is 2.56. The lowest BCUT2D eigenvalue weighted by Crippen LogP contribution is -2.20. The third kappa shape index (κ3) is 3.11. The predicted molar refractivity (Wildman–Crippen MR) is 88.9 cm³/mol. The molecule has 25 heavy (non-hydrogen) atoms. The highest BCUT2D eigenvalue weighted by Gasteiger charge is 2.13. The summed E-state index contributed by atoms with van der Waals surface area (Å²) < 4.78 is 5.50. The summed E-state index contributed by atoms with van der Waals surface area (Å²) in [5.74, 6) is -0.747. The second-order valence-electron chi connectivity index (χ2n) is 5.61. The molecule has 3 aromatic rings. The first-order valence-corrected chi connectivity index (χ1v) is 7.38. The van der Waals surface area contributed by atoms with Crippen molar-refractivity contribution in [3.05, 3.63) is 41.1 Å². The van der Waals surface area contributed by atoms with Crippen molar-refractivity contribution < 1.29 is 19.4 Å². The smallest absolute Gasteiger partial charge is 0.449 e. The van der Waals surface area contributed by atoms with Gasteiger partial charge in [-0.25, -0.2) is 19.2 Å². The zero-order chi connectivity index (χ0) is 18.1. The minimum Gasteiger partial charge on any atom is -0.449 e. The number of fused-ring (bicyclic) bond motifs is 3. The molecule has 0 aliphatic heterocycles. The van der Waals surface area contributed by atoms with Crippen LogP contribution >= 0.6 is 0 Å².